The molecule has 0 spiro atoms. The summed E-state index contributed by atoms with van der Waals surface area (Å²) in [7, 11) is 1.65. The highest BCUT2D eigenvalue weighted by Gasteiger charge is 2.41. The zero-order valence-electron chi connectivity index (χ0n) is 26.5. The van der Waals surface area contributed by atoms with Crippen molar-refractivity contribution in [3.8, 4) is 11.5 Å². The summed E-state index contributed by atoms with van der Waals surface area (Å²) in [5.74, 6) is 0.251. The van der Waals surface area contributed by atoms with E-state index in [1.165, 1.54) is 4.90 Å². The first-order chi connectivity index (χ1) is 22.9. The Hall–Kier alpha value is -5.09. The number of β-amino-alcohol motifs (C(OH)–C–C–N with tert-alkyl or cyclic N) is 1. The number of benzene rings is 4. The molecule has 2 heterocycles. The number of rotatable bonds is 10. The van der Waals surface area contributed by atoms with Gasteiger partial charge in [0.15, 0.2) is 6.61 Å². The SMILES string of the molecule is COc1ccccc1N1CCN(C(=O)C(Cc2ccc3ccccc3c2)NC(=O)C2C[C@@H](O)CN2C(=O)COc2ccccc2)CC1. The smallest absolute Gasteiger partial charge is 0.261 e. The number of nitrogens with zero attached hydrogens (tertiary/aromatic N) is 3. The fraction of sp³-hybridized carbons (Fsp3) is 0.324. The summed E-state index contributed by atoms with van der Waals surface area (Å²) in [4.78, 5) is 46.5. The van der Waals surface area contributed by atoms with Gasteiger partial charge in [-0.05, 0) is 40.6 Å². The number of fused-ring (bicyclic) bond motifs is 1. The van der Waals surface area contributed by atoms with Crippen molar-refractivity contribution in [3.63, 3.8) is 0 Å². The number of hydrogen-bond donors (Lipinski definition) is 2. The largest absolute Gasteiger partial charge is 0.495 e. The second-order valence-electron chi connectivity index (χ2n) is 12.0. The molecule has 0 radical (unpaired) electrons. The Balaban J connectivity index is 1.18. The fourth-order valence-electron chi connectivity index (χ4n) is 6.43. The summed E-state index contributed by atoms with van der Waals surface area (Å²) in [5, 5.41) is 15.6. The highest BCUT2D eigenvalue weighted by molar-refractivity contribution is 5.93. The van der Waals surface area contributed by atoms with Gasteiger partial charge >= 0.3 is 0 Å². The van der Waals surface area contributed by atoms with Gasteiger partial charge in [0, 0.05) is 45.6 Å². The summed E-state index contributed by atoms with van der Waals surface area (Å²) < 4.78 is 11.2. The molecule has 2 saturated heterocycles. The highest BCUT2D eigenvalue weighted by Crippen LogP contribution is 2.29. The number of anilines is 1. The fourth-order valence-corrected chi connectivity index (χ4v) is 6.43. The van der Waals surface area contributed by atoms with Crippen molar-refractivity contribution in [2.45, 2.75) is 31.0 Å². The van der Waals surface area contributed by atoms with E-state index in [4.69, 9.17) is 9.47 Å². The number of piperazine rings is 1. The second-order valence-corrected chi connectivity index (χ2v) is 12.0. The molecule has 0 aromatic heterocycles. The van der Waals surface area contributed by atoms with Gasteiger partial charge in [-0.1, -0.05) is 72.8 Å². The van der Waals surface area contributed by atoms with Crippen LogP contribution in [0.15, 0.2) is 97.1 Å². The quantitative estimate of drug-likeness (QED) is 0.275. The average Bonchev–Trinajstić information content (AvgIpc) is 3.52. The molecule has 2 aliphatic heterocycles. The number of amides is 3. The van der Waals surface area contributed by atoms with Gasteiger partial charge in [0.2, 0.25) is 11.8 Å². The Morgan fingerprint density at radius 2 is 1.57 bits per heavy atom. The summed E-state index contributed by atoms with van der Waals surface area (Å²) >= 11 is 0. The van der Waals surface area contributed by atoms with E-state index < -0.39 is 30.0 Å². The topological polar surface area (TPSA) is 112 Å². The van der Waals surface area contributed by atoms with Gasteiger partial charge in [0.1, 0.15) is 23.6 Å². The van der Waals surface area contributed by atoms with Gasteiger partial charge in [0.25, 0.3) is 5.91 Å². The molecule has 2 fully saturated rings. The lowest BCUT2D eigenvalue weighted by Crippen LogP contribution is -2.58. The second kappa shape index (κ2) is 14.6. The van der Waals surface area contributed by atoms with Crippen LogP contribution in [0.4, 0.5) is 5.69 Å². The minimum absolute atomic E-state index is 0.0171. The molecular weight excluding hydrogens is 596 g/mol. The summed E-state index contributed by atoms with van der Waals surface area (Å²) in [6.07, 6.45) is -0.496. The van der Waals surface area contributed by atoms with Crippen LogP contribution in [0.3, 0.4) is 0 Å². The maximum atomic E-state index is 14.1. The van der Waals surface area contributed by atoms with Gasteiger partial charge in [-0.25, -0.2) is 0 Å². The predicted molar refractivity (Wildman–Crippen MR) is 179 cm³/mol. The molecule has 0 saturated carbocycles. The van der Waals surface area contributed by atoms with Crippen molar-refractivity contribution in [3.05, 3.63) is 103 Å². The van der Waals surface area contributed by atoms with E-state index in [0.717, 1.165) is 27.8 Å². The van der Waals surface area contributed by atoms with Crippen LogP contribution in [0.2, 0.25) is 0 Å². The summed E-state index contributed by atoms with van der Waals surface area (Å²) in [5.41, 5.74) is 1.88. The van der Waals surface area contributed by atoms with Gasteiger partial charge in [-0.15, -0.1) is 0 Å². The maximum Gasteiger partial charge on any atom is 0.261 e. The monoisotopic (exact) mass is 636 g/mol. The van der Waals surface area contributed by atoms with E-state index in [9.17, 15) is 19.5 Å². The Morgan fingerprint density at radius 1 is 0.872 bits per heavy atom. The number of aliphatic hydroxyl groups is 1. The van der Waals surface area contributed by atoms with Crippen molar-refractivity contribution in [2.24, 2.45) is 0 Å². The first-order valence-corrected chi connectivity index (χ1v) is 16.0. The van der Waals surface area contributed by atoms with Crippen molar-refractivity contribution in [1.82, 2.24) is 15.1 Å². The zero-order chi connectivity index (χ0) is 32.8. The zero-order valence-corrected chi connectivity index (χ0v) is 26.5. The van der Waals surface area contributed by atoms with Crippen LogP contribution in [0, 0.1) is 0 Å². The normalized spacial score (nSPS) is 18.6. The van der Waals surface area contributed by atoms with Crippen LogP contribution in [0.5, 0.6) is 11.5 Å². The molecule has 2 unspecified atom stereocenters. The van der Waals surface area contributed by atoms with E-state index in [1.54, 1.807) is 36.3 Å². The third-order valence-electron chi connectivity index (χ3n) is 8.89. The molecule has 3 atom stereocenters. The molecule has 2 aliphatic rings. The van der Waals surface area contributed by atoms with Crippen molar-refractivity contribution < 1.29 is 29.0 Å². The van der Waals surface area contributed by atoms with Crippen molar-refractivity contribution >= 4 is 34.2 Å². The van der Waals surface area contributed by atoms with E-state index in [-0.39, 0.29) is 31.9 Å². The minimum atomic E-state index is -0.925. The molecule has 6 rings (SSSR count). The lowest BCUT2D eigenvalue weighted by Gasteiger charge is -2.38. The van der Waals surface area contributed by atoms with E-state index in [1.807, 2.05) is 72.8 Å². The van der Waals surface area contributed by atoms with Gasteiger partial charge in [0.05, 0.1) is 18.9 Å². The minimum Gasteiger partial charge on any atom is -0.495 e. The molecule has 10 heteroatoms. The number of hydrogen-bond acceptors (Lipinski definition) is 7. The number of aliphatic hydroxyl groups excluding tert-OH is 1. The van der Waals surface area contributed by atoms with Crippen LogP contribution in [-0.4, -0.2) is 97.3 Å². The Labute approximate surface area is 274 Å². The number of carbonyl (C=O) groups excluding carboxylic acids is 3. The number of para-hydroxylation sites is 3. The van der Waals surface area contributed by atoms with Crippen LogP contribution in [-0.2, 0) is 20.8 Å². The molecule has 4 aromatic rings. The lowest BCUT2D eigenvalue weighted by atomic mass is 10.00. The first kappa shape index (κ1) is 31.9. The highest BCUT2D eigenvalue weighted by atomic mass is 16.5. The van der Waals surface area contributed by atoms with E-state index >= 15 is 0 Å². The summed E-state index contributed by atoms with van der Waals surface area (Å²) in [6, 6.07) is 29.0. The predicted octanol–water partition coefficient (Wildman–Crippen LogP) is 3.27. The molecule has 3 amide bonds. The van der Waals surface area contributed by atoms with Crippen molar-refractivity contribution in [1.29, 1.82) is 0 Å². The molecule has 47 heavy (non-hydrogen) atoms. The lowest BCUT2D eigenvalue weighted by molar-refractivity contribution is -0.142. The molecule has 2 N–H and O–H groups in total. The molecule has 4 aromatic carbocycles. The average molecular weight is 637 g/mol. The van der Waals surface area contributed by atoms with Gasteiger partial charge in [-0.3, -0.25) is 14.4 Å². The van der Waals surface area contributed by atoms with Crippen LogP contribution in [0.25, 0.3) is 10.8 Å². The maximum absolute atomic E-state index is 14.1. The summed E-state index contributed by atoms with van der Waals surface area (Å²) in [6.45, 7) is 1.93. The van der Waals surface area contributed by atoms with Crippen molar-refractivity contribution in [2.75, 3.05) is 51.3 Å². The molecule has 0 bridgehead atoms. The Morgan fingerprint density at radius 3 is 2.34 bits per heavy atom. The number of ether oxygens (including phenoxy) is 2. The van der Waals surface area contributed by atoms with Crippen LogP contribution < -0.4 is 19.7 Å². The van der Waals surface area contributed by atoms with Gasteiger partial charge in [-0.2, -0.15) is 0 Å². The first-order valence-electron chi connectivity index (χ1n) is 16.0. The standard InChI is InChI=1S/C37H40N4O6/c1-46-34-14-8-7-13-32(34)39-17-19-40(20-18-39)37(45)31(22-26-15-16-27-9-5-6-10-28(27)21-26)38-36(44)33-23-29(42)24-41(33)35(43)25-47-30-11-3-2-4-12-30/h2-16,21,29,31,33,42H,17-20,22-25H2,1H3,(H,38,44)/t29-,31?,33?/m1/s1. The van der Waals surface area contributed by atoms with E-state index in [0.29, 0.717) is 31.9 Å². The number of carbonyl (C=O) groups is 3. The molecule has 10 nitrogen and oxygen atoms in total. The third kappa shape index (κ3) is 7.49. The molecule has 0 aliphatic carbocycles. The number of nitrogens with one attached hydrogen (secondary N) is 1. The number of methoxy groups -OCH3 is 1. The molecular formula is C37H40N4O6. The third-order valence-corrected chi connectivity index (χ3v) is 8.89. The number of likely N-dealkylation sites (tertiary alicyclic amines) is 1. The van der Waals surface area contributed by atoms with E-state index in [2.05, 4.69) is 10.2 Å². The Bertz CT molecular complexity index is 1710. The Kier molecular flexibility index (Phi) is 9.87. The van der Waals surface area contributed by atoms with Crippen LogP contribution in [0.1, 0.15) is 12.0 Å². The van der Waals surface area contributed by atoms with Crippen LogP contribution >= 0.6 is 0 Å². The van der Waals surface area contributed by atoms with Gasteiger partial charge < -0.3 is 34.6 Å². The molecule has 244 valence electrons.